The zero-order valence-electron chi connectivity index (χ0n) is 7.17. The average Bonchev–Trinajstić information content (AvgIpc) is 2.18. The quantitative estimate of drug-likeness (QED) is 0.448. The number of nitro benzene ring substituents is 1. The molecule has 0 bridgehead atoms. The largest absolute Gasteiger partial charge is 0.269 e. The number of nitro groups is 1. The molecule has 0 aliphatic carbocycles. The number of thiocarbonyl (C=S) groups is 2. The van der Waals surface area contributed by atoms with Crippen LogP contribution in [0.4, 0.5) is 5.69 Å². The second-order valence-corrected chi connectivity index (χ2v) is 3.44. The van der Waals surface area contributed by atoms with Gasteiger partial charge in [0.2, 0.25) is 0 Å². The number of rotatable bonds is 4. The van der Waals surface area contributed by atoms with Crippen molar-refractivity contribution in [2.45, 2.75) is 6.42 Å². The summed E-state index contributed by atoms with van der Waals surface area (Å²) in [7, 11) is 0. The molecule has 0 saturated heterocycles. The second kappa shape index (κ2) is 4.88. The third-order valence-electron chi connectivity index (χ3n) is 1.66. The van der Waals surface area contributed by atoms with Gasteiger partial charge in [-0.25, -0.2) is 0 Å². The monoisotopic (exact) mass is 225 g/mol. The van der Waals surface area contributed by atoms with E-state index in [0.29, 0.717) is 11.3 Å². The molecule has 1 aromatic rings. The molecule has 0 aliphatic rings. The molecular weight excluding hydrogens is 218 g/mol. The van der Waals surface area contributed by atoms with Crippen LogP contribution in [0.2, 0.25) is 0 Å². The van der Waals surface area contributed by atoms with Gasteiger partial charge in [0.15, 0.2) is 0 Å². The van der Waals surface area contributed by atoms with Crippen molar-refractivity contribution >= 4 is 40.4 Å². The zero-order chi connectivity index (χ0) is 10.6. The molecular formula is C9H7NO2S2. The number of nitrogens with zero attached hydrogens (tertiary/aromatic N) is 1. The van der Waals surface area contributed by atoms with Crippen LogP contribution in [0.3, 0.4) is 0 Å². The highest BCUT2D eigenvalue weighted by Gasteiger charge is 2.04. The Kier molecular flexibility index (Phi) is 3.79. The van der Waals surface area contributed by atoms with E-state index in [0.717, 1.165) is 5.56 Å². The molecule has 3 nitrogen and oxygen atoms in total. The first kappa shape index (κ1) is 10.9. The summed E-state index contributed by atoms with van der Waals surface area (Å²) in [6.45, 7) is 0. The van der Waals surface area contributed by atoms with Gasteiger partial charge in [0.1, 0.15) is 0 Å². The van der Waals surface area contributed by atoms with E-state index >= 15 is 0 Å². The van der Waals surface area contributed by atoms with Crippen LogP contribution in [0.1, 0.15) is 5.56 Å². The third-order valence-corrected chi connectivity index (χ3v) is 2.35. The molecule has 72 valence electrons. The molecule has 0 aliphatic heterocycles. The van der Waals surface area contributed by atoms with Crippen LogP contribution in [0.5, 0.6) is 0 Å². The number of non-ortho nitro benzene ring substituents is 1. The fraction of sp³-hybridized carbons (Fsp3) is 0.111. The highest BCUT2D eigenvalue weighted by Crippen LogP contribution is 2.12. The first-order chi connectivity index (χ1) is 6.63. The van der Waals surface area contributed by atoms with E-state index in [2.05, 4.69) is 12.2 Å². The van der Waals surface area contributed by atoms with Gasteiger partial charge in [-0.15, -0.1) is 0 Å². The lowest BCUT2D eigenvalue weighted by Gasteiger charge is -1.97. The maximum atomic E-state index is 10.3. The Morgan fingerprint density at radius 2 is 2.00 bits per heavy atom. The van der Waals surface area contributed by atoms with E-state index in [-0.39, 0.29) is 5.69 Å². The molecule has 0 amide bonds. The maximum Gasteiger partial charge on any atom is 0.269 e. The number of hydrogen-bond acceptors (Lipinski definition) is 4. The summed E-state index contributed by atoms with van der Waals surface area (Å²) in [5.41, 5.74) is 1.02. The standard InChI is InChI=1S/C9H7NO2S2/c11-10(12)8-3-1-7(2-4-8)5-9(14)6-13/h1-4,6H,5H2. The maximum absolute atomic E-state index is 10.3. The van der Waals surface area contributed by atoms with Gasteiger partial charge < -0.3 is 0 Å². The van der Waals surface area contributed by atoms with E-state index < -0.39 is 4.92 Å². The van der Waals surface area contributed by atoms with Crippen LogP contribution in [0, 0.1) is 10.1 Å². The summed E-state index contributed by atoms with van der Waals surface area (Å²) in [5, 5.41) is 11.8. The smallest absolute Gasteiger partial charge is 0.258 e. The molecule has 0 saturated carbocycles. The molecule has 14 heavy (non-hydrogen) atoms. The minimum Gasteiger partial charge on any atom is -0.258 e. The Morgan fingerprint density at radius 3 is 2.43 bits per heavy atom. The molecule has 0 spiro atoms. The van der Waals surface area contributed by atoms with E-state index in [1.807, 2.05) is 0 Å². The first-order valence-corrected chi connectivity index (χ1v) is 4.73. The number of hydrogen-bond donors (Lipinski definition) is 0. The molecule has 0 atom stereocenters. The summed E-state index contributed by atoms with van der Waals surface area (Å²) in [6.07, 6.45) is 0.566. The minimum absolute atomic E-state index is 0.0852. The zero-order valence-corrected chi connectivity index (χ0v) is 8.81. The Labute approximate surface area is 91.9 Å². The fourth-order valence-electron chi connectivity index (χ4n) is 0.978. The molecule has 1 rings (SSSR count). The molecule has 0 N–H and O–H groups in total. The lowest BCUT2D eigenvalue weighted by molar-refractivity contribution is -0.384. The Morgan fingerprint density at radius 1 is 1.43 bits per heavy atom. The predicted molar refractivity (Wildman–Crippen MR) is 63.1 cm³/mol. The first-order valence-electron chi connectivity index (χ1n) is 3.85. The molecule has 0 aromatic heterocycles. The van der Waals surface area contributed by atoms with Crippen molar-refractivity contribution in [1.29, 1.82) is 0 Å². The van der Waals surface area contributed by atoms with Crippen LogP contribution in [-0.4, -0.2) is 15.2 Å². The fourth-order valence-corrected chi connectivity index (χ4v) is 1.23. The normalized spacial score (nSPS) is 9.43. The summed E-state index contributed by atoms with van der Waals surface area (Å²) < 4.78 is 0. The second-order valence-electron chi connectivity index (χ2n) is 2.68. The SMILES string of the molecule is O=[N+]([O-])c1ccc(CC(=S)C=S)cc1. The van der Waals surface area contributed by atoms with Crippen LogP contribution < -0.4 is 0 Å². The highest BCUT2D eigenvalue weighted by molar-refractivity contribution is 7.88. The third kappa shape index (κ3) is 2.93. The van der Waals surface area contributed by atoms with E-state index in [1.54, 1.807) is 12.1 Å². The lowest BCUT2D eigenvalue weighted by atomic mass is 10.1. The summed E-state index contributed by atoms with van der Waals surface area (Å²) >= 11 is 9.59. The van der Waals surface area contributed by atoms with Crippen molar-refractivity contribution in [2.24, 2.45) is 0 Å². The van der Waals surface area contributed by atoms with Crippen LogP contribution in [0.25, 0.3) is 0 Å². The Balaban J connectivity index is 2.78. The van der Waals surface area contributed by atoms with Crippen molar-refractivity contribution in [3.05, 3.63) is 39.9 Å². The molecule has 0 radical (unpaired) electrons. The van der Waals surface area contributed by atoms with Crippen LogP contribution >= 0.6 is 24.4 Å². The van der Waals surface area contributed by atoms with Crippen molar-refractivity contribution in [1.82, 2.24) is 0 Å². The van der Waals surface area contributed by atoms with Gasteiger partial charge in [-0.1, -0.05) is 36.6 Å². The van der Waals surface area contributed by atoms with Gasteiger partial charge in [0, 0.05) is 28.8 Å². The van der Waals surface area contributed by atoms with E-state index in [4.69, 9.17) is 12.2 Å². The number of benzene rings is 1. The summed E-state index contributed by atoms with van der Waals surface area (Å²) in [5.74, 6) is 0. The van der Waals surface area contributed by atoms with Gasteiger partial charge in [-0.05, 0) is 5.56 Å². The van der Waals surface area contributed by atoms with E-state index in [9.17, 15) is 10.1 Å². The lowest BCUT2D eigenvalue weighted by Crippen LogP contribution is -1.99. The highest BCUT2D eigenvalue weighted by atomic mass is 32.1. The summed E-state index contributed by atoms with van der Waals surface area (Å²) in [6, 6.07) is 6.29. The minimum atomic E-state index is -0.429. The molecule has 0 fully saturated rings. The molecule has 1 aromatic carbocycles. The molecule has 5 heteroatoms. The van der Waals surface area contributed by atoms with Gasteiger partial charge >= 0.3 is 0 Å². The Bertz CT molecular complexity index is 373. The van der Waals surface area contributed by atoms with Gasteiger partial charge in [-0.2, -0.15) is 0 Å². The predicted octanol–water partition coefficient (Wildman–Crippen LogP) is 2.51. The molecule has 0 unspecified atom stereocenters. The van der Waals surface area contributed by atoms with Crippen molar-refractivity contribution in [3.8, 4) is 0 Å². The van der Waals surface area contributed by atoms with Crippen molar-refractivity contribution in [3.63, 3.8) is 0 Å². The van der Waals surface area contributed by atoms with E-state index in [1.165, 1.54) is 17.5 Å². The van der Waals surface area contributed by atoms with Gasteiger partial charge in [0.05, 0.1) is 4.92 Å². The van der Waals surface area contributed by atoms with Crippen molar-refractivity contribution in [2.75, 3.05) is 0 Å². The summed E-state index contributed by atoms with van der Waals surface area (Å²) in [4.78, 5) is 10.6. The topological polar surface area (TPSA) is 43.1 Å². The average molecular weight is 225 g/mol. The van der Waals surface area contributed by atoms with Crippen LogP contribution in [0.15, 0.2) is 24.3 Å². The van der Waals surface area contributed by atoms with Crippen LogP contribution in [-0.2, 0) is 6.42 Å². The van der Waals surface area contributed by atoms with Gasteiger partial charge in [-0.3, -0.25) is 10.1 Å². The Hall–Kier alpha value is -1.20. The van der Waals surface area contributed by atoms with Gasteiger partial charge in [0.25, 0.3) is 5.69 Å². The van der Waals surface area contributed by atoms with Crippen molar-refractivity contribution < 1.29 is 4.92 Å². The molecule has 0 heterocycles.